The van der Waals surface area contributed by atoms with Gasteiger partial charge in [0.2, 0.25) is 10.0 Å². The molecular weight excluding hydrogens is 434 g/mol. The number of thioether (sulfide) groups is 1. The molecule has 8 nitrogen and oxygen atoms in total. The maximum atomic E-state index is 12.4. The largest absolute Gasteiger partial charge is 0.350 e. The van der Waals surface area contributed by atoms with Crippen molar-refractivity contribution in [2.24, 2.45) is 0 Å². The third kappa shape index (κ3) is 4.93. The summed E-state index contributed by atoms with van der Waals surface area (Å²) in [6.45, 7) is 0.129. The predicted octanol–water partition coefficient (Wildman–Crippen LogP) is 2.12. The van der Waals surface area contributed by atoms with Crippen LogP contribution in [0.5, 0.6) is 0 Å². The summed E-state index contributed by atoms with van der Waals surface area (Å²) < 4.78 is 25.6. The van der Waals surface area contributed by atoms with Gasteiger partial charge in [0.05, 0.1) is 9.80 Å². The molecule has 1 aliphatic rings. The number of carbonyl (C=O) groups excluding carboxylic acids is 3. The van der Waals surface area contributed by atoms with Crippen molar-refractivity contribution >= 4 is 56.3 Å². The van der Waals surface area contributed by atoms with Crippen LogP contribution in [0.1, 0.15) is 15.2 Å². The SMILES string of the molecule is CNS(=O)(=O)c1ccc(C(=O)NCCN2C(=O)S/C(=C\c3cccs3)C2=O)cc1. The summed E-state index contributed by atoms with van der Waals surface area (Å²) in [6, 6.07) is 9.15. The number of nitrogens with one attached hydrogen (secondary N) is 2. The summed E-state index contributed by atoms with van der Waals surface area (Å²) in [7, 11) is -2.27. The molecule has 0 unspecified atom stereocenters. The minimum atomic E-state index is -3.58. The van der Waals surface area contributed by atoms with Crippen LogP contribution in [0, 0.1) is 0 Å². The molecule has 0 bridgehead atoms. The van der Waals surface area contributed by atoms with E-state index in [1.807, 2.05) is 17.5 Å². The number of nitrogens with zero attached hydrogens (tertiary/aromatic N) is 1. The fourth-order valence-corrected chi connectivity index (χ4v) is 4.80. The minimum Gasteiger partial charge on any atom is -0.350 e. The highest BCUT2D eigenvalue weighted by Gasteiger charge is 2.34. The second-order valence-corrected chi connectivity index (χ2v) is 9.70. The first-order valence-corrected chi connectivity index (χ1v) is 11.6. The van der Waals surface area contributed by atoms with Gasteiger partial charge in [-0.3, -0.25) is 19.3 Å². The van der Waals surface area contributed by atoms with E-state index in [2.05, 4.69) is 10.0 Å². The maximum Gasteiger partial charge on any atom is 0.293 e. The Morgan fingerprint density at radius 3 is 2.52 bits per heavy atom. The Balaban J connectivity index is 1.56. The molecule has 1 saturated heterocycles. The van der Waals surface area contributed by atoms with E-state index in [-0.39, 0.29) is 34.7 Å². The summed E-state index contributed by atoms with van der Waals surface area (Å²) >= 11 is 2.34. The van der Waals surface area contributed by atoms with Gasteiger partial charge in [0.25, 0.3) is 17.1 Å². The third-order valence-electron chi connectivity index (χ3n) is 4.01. The Morgan fingerprint density at radius 2 is 1.90 bits per heavy atom. The molecule has 3 amide bonds. The number of imide groups is 1. The lowest BCUT2D eigenvalue weighted by molar-refractivity contribution is -0.122. The molecule has 1 fully saturated rings. The Kier molecular flexibility index (Phi) is 6.52. The topological polar surface area (TPSA) is 113 Å². The van der Waals surface area contributed by atoms with Gasteiger partial charge in [-0.1, -0.05) is 6.07 Å². The molecule has 29 heavy (non-hydrogen) atoms. The van der Waals surface area contributed by atoms with Gasteiger partial charge in [0.15, 0.2) is 0 Å². The van der Waals surface area contributed by atoms with Crippen molar-refractivity contribution in [1.29, 1.82) is 0 Å². The molecule has 2 N–H and O–H groups in total. The summed E-state index contributed by atoms with van der Waals surface area (Å²) in [5.41, 5.74) is 0.270. The lowest BCUT2D eigenvalue weighted by Gasteiger charge is -2.13. The number of amides is 3. The van der Waals surface area contributed by atoms with Gasteiger partial charge in [-0.15, -0.1) is 11.3 Å². The fourth-order valence-electron chi connectivity index (χ4n) is 2.48. The predicted molar refractivity (Wildman–Crippen MR) is 112 cm³/mol. The monoisotopic (exact) mass is 451 g/mol. The van der Waals surface area contributed by atoms with Gasteiger partial charge < -0.3 is 5.32 Å². The first-order valence-electron chi connectivity index (χ1n) is 8.42. The number of benzene rings is 1. The number of thiophene rings is 1. The highest BCUT2D eigenvalue weighted by atomic mass is 32.2. The van der Waals surface area contributed by atoms with Crippen molar-refractivity contribution in [3.05, 3.63) is 57.1 Å². The highest BCUT2D eigenvalue weighted by molar-refractivity contribution is 8.18. The van der Waals surface area contributed by atoms with Crippen LogP contribution >= 0.6 is 23.1 Å². The average molecular weight is 452 g/mol. The third-order valence-corrected chi connectivity index (χ3v) is 7.16. The van der Waals surface area contributed by atoms with Crippen LogP contribution in [0.3, 0.4) is 0 Å². The molecule has 1 aliphatic heterocycles. The Morgan fingerprint density at radius 1 is 1.17 bits per heavy atom. The summed E-state index contributed by atoms with van der Waals surface area (Å²) in [5, 5.41) is 4.12. The number of carbonyl (C=O) groups is 3. The van der Waals surface area contributed by atoms with Crippen LogP contribution in [0.15, 0.2) is 51.6 Å². The number of rotatable bonds is 7. The summed E-state index contributed by atoms with van der Waals surface area (Å²) in [5.74, 6) is -0.816. The van der Waals surface area contributed by atoms with Gasteiger partial charge in [-0.25, -0.2) is 13.1 Å². The smallest absolute Gasteiger partial charge is 0.293 e. The quantitative estimate of drug-likeness (QED) is 0.624. The van der Waals surface area contributed by atoms with Crippen LogP contribution < -0.4 is 10.0 Å². The average Bonchev–Trinajstić information content (AvgIpc) is 3.31. The second kappa shape index (κ2) is 8.91. The molecule has 0 saturated carbocycles. The second-order valence-electron chi connectivity index (χ2n) is 5.84. The van der Waals surface area contributed by atoms with Gasteiger partial charge in [-0.05, 0) is 60.6 Å². The van der Waals surface area contributed by atoms with E-state index in [0.717, 1.165) is 21.5 Å². The normalized spacial score (nSPS) is 15.9. The van der Waals surface area contributed by atoms with Crippen LogP contribution in [0.2, 0.25) is 0 Å². The zero-order valence-electron chi connectivity index (χ0n) is 15.2. The molecule has 0 aliphatic carbocycles. The highest BCUT2D eigenvalue weighted by Crippen LogP contribution is 2.32. The molecule has 0 atom stereocenters. The molecule has 1 aromatic carbocycles. The molecule has 152 valence electrons. The number of hydrogen-bond donors (Lipinski definition) is 2. The van der Waals surface area contributed by atoms with Crippen molar-refractivity contribution in [3.8, 4) is 0 Å². The zero-order chi connectivity index (χ0) is 21.0. The lowest BCUT2D eigenvalue weighted by atomic mass is 10.2. The molecule has 2 aromatic rings. The van der Waals surface area contributed by atoms with Crippen molar-refractivity contribution in [2.45, 2.75) is 4.90 Å². The van der Waals surface area contributed by atoms with E-state index < -0.39 is 15.9 Å². The van der Waals surface area contributed by atoms with Crippen molar-refractivity contribution in [1.82, 2.24) is 14.9 Å². The van der Waals surface area contributed by atoms with Crippen LogP contribution in [0.25, 0.3) is 6.08 Å². The Hall–Kier alpha value is -2.47. The van der Waals surface area contributed by atoms with E-state index in [1.165, 1.54) is 42.6 Å². The number of hydrogen-bond acceptors (Lipinski definition) is 7. The van der Waals surface area contributed by atoms with Crippen LogP contribution in [-0.4, -0.2) is 50.5 Å². The molecule has 2 heterocycles. The lowest BCUT2D eigenvalue weighted by Crippen LogP contribution is -2.37. The Bertz CT molecular complexity index is 1060. The number of sulfonamides is 1. The summed E-state index contributed by atoms with van der Waals surface area (Å²) in [6.07, 6.45) is 1.68. The minimum absolute atomic E-state index is 0.0460. The van der Waals surface area contributed by atoms with Gasteiger partial charge in [0, 0.05) is 23.5 Å². The van der Waals surface area contributed by atoms with E-state index in [9.17, 15) is 22.8 Å². The van der Waals surface area contributed by atoms with Gasteiger partial charge in [0.1, 0.15) is 0 Å². The van der Waals surface area contributed by atoms with Crippen LogP contribution in [-0.2, 0) is 14.8 Å². The molecular formula is C18H17N3O5S3. The van der Waals surface area contributed by atoms with Crippen molar-refractivity contribution in [3.63, 3.8) is 0 Å². The molecule has 0 radical (unpaired) electrons. The van der Waals surface area contributed by atoms with E-state index >= 15 is 0 Å². The van der Waals surface area contributed by atoms with E-state index in [4.69, 9.17) is 0 Å². The fraction of sp³-hybridized carbons (Fsp3) is 0.167. The molecule has 11 heteroatoms. The van der Waals surface area contributed by atoms with E-state index in [1.54, 1.807) is 6.08 Å². The first-order chi connectivity index (χ1) is 13.8. The standard InChI is InChI=1S/C18H17N3O5S3/c1-19-29(25,26)14-6-4-12(5-7-14)16(22)20-8-9-21-17(23)15(28-18(21)24)11-13-3-2-10-27-13/h2-7,10-11,19H,8-9H2,1H3,(H,20,22)/b15-11-. The maximum absolute atomic E-state index is 12.4. The van der Waals surface area contributed by atoms with Crippen molar-refractivity contribution < 1.29 is 22.8 Å². The van der Waals surface area contributed by atoms with Gasteiger partial charge in [-0.2, -0.15) is 0 Å². The molecule has 1 aromatic heterocycles. The zero-order valence-corrected chi connectivity index (χ0v) is 17.7. The Labute approximate surface area is 176 Å². The van der Waals surface area contributed by atoms with Crippen LogP contribution in [0.4, 0.5) is 4.79 Å². The first kappa shape index (κ1) is 21.2. The van der Waals surface area contributed by atoms with Crippen molar-refractivity contribution in [2.75, 3.05) is 20.1 Å². The summed E-state index contributed by atoms with van der Waals surface area (Å²) in [4.78, 5) is 39.1. The molecule has 3 rings (SSSR count). The molecule has 0 spiro atoms. The van der Waals surface area contributed by atoms with E-state index in [0.29, 0.717) is 4.91 Å². The van der Waals surface area contributed by atoms with Gasteiger partial charge >= 0.3 is 0 Å².